The van der Waals surface area contributed by atoms with Gasteiger partial charge in [0.25, 0.3) is 0 Å². The summed E-state index contributed by atoms with van der Waals surface area (Å²) in [6.45, 7) is 3.99. The average Bonchev–Trinajstić information content (AvgIpc) is 2.37. The number of aryl methyl sites for hydroxylation is 2. The molecule has 0 atom stereocenters. The maximum Gasteiger partial charge on any atom is 0.155 e. The maximum absolute atomic E-state index is 5.25. The van der Waals surface area contributed by atoms with Crippen molar-refractivity contribution < 1.29 is 4.74 Å². The molecule has 2 nitrogen and oxygen atoms in total. The number of hydrogen-bond acceptors (Lipinski definition) is 2. The van der Waals surface area contributed by atoms with E-state index in [-0.39, 0.29) is 0 Å². The van der Waals surface area contributed by atoms with Crippen molar-refractivity contribution >= 4 is 0 Å². The van der Waals surface area contributed by atoms with Gasteiger partial charge in [-0.2, -0.15) is 0 Å². The summed E-state index contributed by atoms with van der Waals surface area (Å²) >= 11 is 0. The van der Waals surface area contributed by atoms with Gasteiger partial charge in [0.05, 0.1) is 7.11 Å². The number of pyridine rings is 1. The molecule has 0 amide bonds. The summed E-state index contributed by atoms with van der Waals surface area (Å²) in [5.41, 5.74) is 3.80. The van der Waals surface area contributed by atoms with E-state index in [0.29, 0.717) is 11.4 Å². The zero-order valence-electron chi connectivity index (χ0n) is 10.8. The van der Waals surface area contributed by atoms with E-state index >= 15 is 0 Å². The summed E-state index contributed by atoms with van der Waals surface area (Å²) in [6, 6.07) is 11.9. The summed E-state index contributed by atoms with van der Waals surface area (Å²) in [5, 5.41) is 0. The lowest BCUT2D eigenvalue weighted by Crippen LogP contribution is -1.93. The van der Waals surface area contributed by atoms with E-state index < -0.39 is 0 Å². The number of hydrogen-bond donors (Lipinski definition) is 0. The molecule has 0 fully saturated rings. The van der Waals surface area contributed by atoms with E-state index in [1.807, 2.05) is 31.2 Å². The van der Waals surface area contributed by atoms with E-state index in [2.05, 4.69) is 35.9 Å². The third-order valence-corrected chi connectivity index (χ3v) is 2.56. The minimum atomic E-state index is 0.680. The SMILES string of the molecule is COc1ccc(C)nc1C#Cc1cccc(C)c1. The van der Waals surface area contributed by atoms with Gasteiger partial charge in [0, 0.05) is 11.3 Å². The molecule has 0 bridgehead atoms. The predicted molar refractivity (Wildman–Crippen MR) is 72.7 cm³/mol. The van der Waals surface area contributed by atoms with Gasteiger partial charge < -0.3 is 4.74 Å². The molecule has 2 aromatic rings. The van der Waals surface area contributed by atoms with Crippen LogP contribution in [0.25, 0.3) is 0 Å². The Morgan fingerprint density at radius 2 is 1.89 bits per heavy atom. The molecule has 1 heterocycles. The smallest absolute Gasteiger partial charge is 0.155 e. The molecular weight excluding hydrogens is 222 g/mol. The van der Waals surface area contributed by atoms with Crippen LogP contribution >= 0.6 is 0 Å². The second-order valence-corrected chi connectivity index (χ2v) is 4.12. The zero-order chi connectivity index (χ0) is 13.0. The van der Waals surface area contributed by atoms with Crippen LogP contribution in [-0.2, 0) is 0 Å². The molecule has 2 heteroatoms. The van der Waals surface area contributed by atoms with Gasteiger partial charge in [-0.1, -0.05) is 18.1 Å². The van der Waals surface area contributed by atoms with Crippen LogP contribution in [0.5, 0.6) is 5.75 Å². The van der Waals surface area contributed by atoms with E-state index in [1.165, 1.54) is 5.56 Å². The summed E-state index contributed by atoms with van der Waals surface area (Å²) < 4.78 is 5.25. The number of nitrogens with zero attached hydrogens (tertiary/aromatic N) is 1. The lowest BCUT2D eigenvalue weighted by Gasteiger charge is -2.02. The Balaban J connectivity index is 2.37. The van der Waals surface area contributed by atoms with Gasteiger partial charge >= 0.3 is 0 Å². The third-order valence-electron chi connectivity index (χ3n) is 2.56. The third kappa shape index (κ3) is 2.89. The average molecular weight is 237 g/mol. The highest BCUT2D eigenvalue weighted by Crippen LogP contribution is 2.15. The van der Waals surface area contributed by atoms with Gasteiger partial charge in [0.2, 0.25) is 0 Å². The Morgan fingerprint density at radius 3 is 2.61 bits per heavy atom. The van der Waals surface area contributed by atoms with Gasteiger partial charge in [0.1, 0.15) is 0 Å². The molecule has 0 aliphatic rings. The first-order chi connectivity index (χ1) is 8.69. The molecule has 0 unspecified atom stereocenters. The molecule has 1 aromatic carbocycles. The van der Waals surface area contributed by atoms with Crippen molar-refractivity contribution in [3.05, 3.63) is 58.9 Å². The molecular formula is C16H15NO. The molecule has 0 N–H and O–H groups in total. The van der Waals surface area contributed by atoms with Crippen molar-refractivity contribution in [2.45, 2.75) is 13.8 Å². The topological polar surface area (TPSA) is 22.1 Å². The summed E-state index contributed by atoms with van der Waals surface area (Å²) in [4.78, 5) is 4.38. The highest BCUT2D eigenvalue weighted by atomic mass is 16.5. The molecule has 2 rings (SSSR count). The second-order valence-electron chi connectivity index (χ2n) is 4.12. The van der Waals surface area contributed by atoms with Crippen LogP contribution < -0.4 is 4.74 Å². The molecule has 0 radical (unpaired) electrons. The Kier molecular flexibility index (Phi) is 3.64. The Labute approximate surface area is 108 Å². The van der Waals surface area contributed by atoms with Crippen LogP contribution in [0.1, 0.15) is 22.5 Å². The Bertz CT molecular complexity index is 620. The molecule has 0 saturated carbocycles. The largest absolute Gasteiger partial charge is 0.494 e. The minimum absolute atomic E-state index is 0.680. The number of methoxy groups -OCH3 is 1. The van der Waals surface area contributed by atoms with Crippen LogP contribution in [0.15, 0.2) is 36.4 Å². The molecule has 18 heavy (non-hydrogen) atoms. The fourth-order valence-electron chi connectivity index (χ4n) is 1.65. The number of rotatable bonds is 1. The standard InChI is InChI=1S/C16H15NO/c1-12-5-4-6-14(11-12)8-9-15-16(18-3)10-7-13(2)17-15/h4-7,10-11H,1-3H3. The number of ether oxygens (including phenoxy) is 1. The molecule has 0 spiro atoms. The molecule has 0 saturated heterocycles. The van der Waals surface area contributed by atoms with E-state index in [1.54, 1.807) is 7.11 Å². The van der Waals surface area contributed by atoms with Gasteiger partial charge in [0.15, 0.2) is 11.4 Å². The molecule has 1 aromatic heterocycles. The first kappa shape index (κ1) is 12.2. The summed E-state index contributed by atoms with van der Waals surface area (Å²) in [7, 11) is 1.63. The summed E-state index contributed by atoms with van der Waals surface area (Å²) in [5.74, 6) is 6.88. The van der Waals surface area contributed by atoms with Crippen molar-refractivity contribution in [3.8, 4) is 17.6 Å². The van der Waals surface area contributed by atoms with Crippen LogP contribution in [0, 0.1) is 25.7 Å². The summed E-state index contributed by atoms with van der Waals surface area (Å²) in [6.07, 6.45) is 0. The van der Waals surface area contributed by atoms with Crippen molar-refractivity contribution in [2.75, 3.05) is 7.11 Å². The van der Waals surface area contributed by atoms with E-state index in [0.717, 1.165) is 11.3 Å². The van der Waals surface area contributed by atoms with Crippen molar-refractivity contribution in [1.82, 2.24) is 4.98 Å². The zero-order valence-corrected chi connectivity index (χ0v) is 10.8. The number of benzene rings is 1. The van der Waals surface area contributed by atoms with Crippen molar-refractivity contribution in [1.29, 1.82) is 0 Å². The first-order valence-electron chi connectivity index (χ1n) is 5.79. The van der Waals surface area contributed by atoms with E-state index in [9.17, 15) is 0 Å². The normalized spacial score (nSPS) is 9.50. The Hall–Kier alpha value is -2.27. The molecule has 0 aliphatic heterocycles. The fourth-order valence-corrected chi connectivity index (χ4v) is 1.65. The lowest BCUT2D eigenvalue weighted by molar-refractivity contribution is 0.411. The highest BCUT2D eigenvalue weighted by Gasteiger charge is 2.01. The Morgan fingerprint density at radius 1 is 1.06 bits per heavy atom. The van der Waals surface area contributed by atoms with Crippen LogP contribution in [0.3, 0.4) is 0 Å². The van der Waals surface area contributed by atoms with Gasteiger partial charge in [-0.3, -0.25) is 0 Å². The van der Waals surface area contributed by atoms with Crippen LogP contribution in [-0.4, -0.2) is 12.1 Å². The lowest BCUT2D eigenvalue weighted by atomic mass is 10.1. The monoisotopic (exact) mass is 237 g/mol. The van der Waals surface area contributed by atoms with Crippen molar-refractivity contribution in [2.24, 2.45) is 0 Å². The molecule has 0 aliphatic carbocycles. The van der Waals surface area contributed by atoms with Crippen molar-refractivity contribution in [3.63, 3.8) is 0 Å². The second kappa shape index (κ2) is 5.37. The quantitative estimate of drug-likeness (QED) is 0.711. The fraction of sp³-hybridized carbons (Fsp3) is 0.188. The van der Waals surface area contributed by atoms with Crippen LogP contribution in [0.2, 0.25) is 0 Å². The molecule has 90 valence electrons. The minimum Gasteiger partial charge on any atom is -0.494 e. The predicted octanol–water partition coefficient (Wildman–Crippen LogP) is 3.11. The van der Waals surface area contributed by atoms with Gasteiger partial charge in [-0.05, 0) is 49.6 Å². The highest BCUT2D eigenvalue weighted by molar-refractivity contribution is 5.46. The van der Waals surface area contributed by atoms with Crippen LogP contribution in [0.4, 0.5) is 0 Å². The maximum atomic E-state index is 5.25. The first-order valence-corrected chi connectivity index (χ1v) is 5.79. The van der Waals surface area contributed by atoms with Gasteiger partial charge in [-0.15, -0.1) is 0 Å². The van der Waals surface area contributed by atoms with E-state index in [4.69, 9.17) is 4.74 Å². The number of aromatic nitrogens is 1. The van der Waals surface area contributed by atoms with Gasteiger partial charge in [-0.25, -0.2) is 4.98 Å².